The molecule has 0 fully saturated rings. The monoisotopic (exact) mass is 455 g/mol. The van der Waals surface area contributed by atoms with E-state index >= 15 is 0 Å². The molecular weight excluding hydrogens is 419 g/mol. The Bertz CT molecular complexity index is 670. The fourth-order valence-corrected chi connectivity index (χ4v) is 3.13. The standard InChI is InChI=1S/C24H36N2O.BF3.FH/c1-3-5-7-8-9-10-11-12-13-21-19-25-24(26-20-21)22-14-16-23(17-15-22)27-18-6-4-2;2-1(3)4;/h14-17,19-20H,3-13,18H2,1-2H3;;1H/p-1. The molecule has 3 nitrogen and oxygen atoms in total. The molecule has 0 aliphatic rings. The summed E-state index contributed by atoms with van der Waals surface area (Å²) >= 11 is 0. The SMILES string of the molecule is CCCCCCCCCCc1cnc(-c2ccc(OCCCC)cc2)nc1.FB(F)F.[F-]. The maximum atomic E-state index is 9.67. The van der Waals surface area contributed by atoms with Crippen molar-refractivity contribution in [3.05, 3.63) is 42.2 Å². The van der Waals surface area contributed by atoms with Gasteiger partial charge in [0.15, 0.2) is 5.82 Å². The molecule has 2 aromatic rings. The summed E-state index contributed by atoms with van der Waals surface area (Å²) in [5.41, 5.74) is 2.28. The first-order chi connectivity index (χ1) is 15.1. The van der Waals surface area contributed by atoms with Crippen molar-refractivity contribution in [3.63, 3.8) is 0 Å². The minimum absolute atomic E-state index is 0. The molecule has 0 amide bonds. The number of ether oxygens (including phenoxy) is 1. The lowest BCUT2D eigenvalue weighted by Crippen LogP contribution is -3.00. The Kier molecular flexibility index (Phi) is 18.3. The zero-order valence-corrected chi connectivity index (χ0v) is 19.3. The summed E-state index contributed by atoms with van der Waals surface area (Å²) < 4.78 is 34.7. The molecule has 180 valence electrons. The van der Waals surface area contributed by atoms with Crippen molar-refractivity contribution in [2.45, 2.75) is 84.5 Å². The summed E-state index contributed by atoms with van der Waals surface area (Å²) in [4.78, 5) is 9.10. The number of hydrogen-bond acceptors (Lipinski definition) is 3. The van der Waals surface area contributed by atoms with Crippen LogP contribution in [-0.4, -0.2) is 24.1 Å². The third-order valence-electron chi connectivity index (χ3n) is 4.90. The number of rotatable bonds is 14. The molecule has 0 N–H and O–H groups in total. The maximum Gasteiger partial charge on any atom is 0.762 e. The number of aromatic nitrogens is 2. The van der Waals surface area contributed by atoms with Gasteiger partial charge in [-0.25, -0.2) is 9.97 Å². The number of benzene rings is 1. The Morgan fingerprint density at radius 3 is 1.78 bits per heavy atom. The van der Waals surface area contributed by atoms with Crippen LogP contribution < -0.4 is 9.44 Å². The molecule has 0 aliphatic heterocycles. The highest BCUT2D eigenvalue weighted by atomic mass is 19.4. The smallest absolute Gasteiger partial charge is 0.762 e. The van der Waals surface area contributed by atoms with E-state index in [1.807, 2.05) is 36.7 Å². The molecule has 0 spiro atoms. The van der Waals surface area contributed by atoms with E-state index in [1.54, 1.807) is 0 Å². The van der Waals surface area contributed by atoms with Crippen molar-refractivity contribution in [2.24, 2.45) is 0 Å². The highest BCUT2D eigenvalue weighted by Gasteiger charge is 2.06. The van der Waals surface area contributed by atoms with Crippen LogP contribution in [0.5, 0.6) is 5.75 Å². The van der Waals surface area contributed by atoms with Gasteiger partial charge in [-0.15, -0.1) is 0 Å². The quantitative estimate of drug-likeness (QED) is 0.231. The molecule has 0 bridgehead atoms. The van der Waals surface area contributed by atoms with E-state index in [0.29, 0.717) is 0 Å². The Hall–Kier alpha value is -2.12. The van der Waals surface area contributed by atoms with Crippen LogP contribution in [0.1, 0.15) is 83.6 Å². The molecule has 0 aliphatic carbocycles. The third-order valence-corrected chi connectivity index (χ3v) is 4.90. The largest absolute Gasteiger partial charge is 1.00 e. The number of nitrogens with zero attached hydrogens (tertiary/aromatic N) is 2. The molecule has 0 saturated carbocycles. The minimum Gasteiger partial charge on any atom is -1.00 e. The van der Waals surface area contributed by atoms with E-state index in [0.717, 1.165) is 43.0 Å². The van der Waals surface area contributed by atoms with Gasteiger partial charge in [0.2, 0.25) is 0 Å². The molecule has 8 heteroatoms. The summed E-state index contributed by atoms with van der Waals surface area (Å²) in [6, 6.07) is 8.08. The normalized spacial score (nSPS) is 10.0. The Balaban J connectivity index is 0.00000177. The van der Waals surface area contributed by atoms with Gasteiger partial charge in [-0.1, -0.05) is 65.2 Å². The van der Waals surface area contributed by atoms with Crippen molar-refractivity contribution in [1.29, 1.82) is 0 Å². The second-order valence-corrected chi connectivity index (χ2v) is 7.61. The van der Waals surface area contributed by atoms with Crippen LogP contribution in [0.15, 0.2) is 36.7 Å². The number of halogens is 4. The van der Waals surface area contributed by atoms with Gasteiger partial charge in [-0.2, -0.15) is 0 Å². The van der Waals surface area contributed by atoms with Gasteiger partial charge < -0.3 is 9.44 Å². The zero-order valence-electron chi connectivity index (χ0n) is 19.3. The Morgan fingerprint density at radius 2 is 1.25 bits per heavy atom. The first-order valence-corrected chi connectivity index (χ1v) is 11.5. The molecule has 1 heterocycles. The number of hydrogen-bond donors (Lipinski definition) is 0. The summed E-state index contributed by atoms with van der Waals surface area (Å²) in [5, 5.41) is 0. The number of unbranched alkanes of at least 4 members (excludes halogenated alkanes) is 8. The van der Waals surface area contributed by atoms with E-state index in [2.05, 4.69) is 23.8 Å². The van der Waals surface area contributed by atoms with E-state index in [-0.39, 0.29) is 4.70 Å². The fraction of sp³-hybridized carbons (Fsp3) is 0.583. The molecule has 32 heavy (non-hydrogen) atoms. The van der Waals surface area contributed by atoms with Gasteiger partial charge in [-0.3, -0.25) is 12.9 Å². The van der Waals surface area contributed by atoms with Gasteiger partial charge >= 0.3 is 7.54 Å². The van der Waals surface area contributed by atoms with Gasteiger partial charge in [0.1, 0.15) is 5.75 Å². The van der Waals surface area contributed by atoms with E-state index in [4.69, 9.17) is 4.74 Å². The first kappa shape index (κ1) is 29.9. The summed E-state index contributed by atoms with van der Waals surface area (Å²) in [5.74, 6) is 1.70. The van der Waals surface area contributed by atoms with Crippen molar-refractivity contribution in [3.8, 4) is 17.1 Å². The van der Waals surface area contributed by atoms with Crippen LogP contribution in [0.2, 0.25) is 0 Å². The molecule has 0 atom stereocenters. The Morgan fingerprint density at radius 1 is 0.750 bits per heavy atom. The lowest BCUT2D eigenvalue weighted by Gasteiger charge is -2.07. The van der Waals surface area contributed by atoms with Crippen molar-refractivity contribution in [1.82, 2.24) is 9.97 Å². The van der Waals surface area contributed by atoms with E-state index in [1.165, 1.54) is 56.9 Å². The maximum absolute atomic E-state index is 9.67. The van der Waals surface area contributed by atoms with E-state index in [9.17, 15) is 12.9 Å². The number of aryl methyl sites for hydroxylation is 1. The highest BCUT2D eigenvalue weighted by molar-refractivity contribution is 6.33. The van der Waals surface area contributed by atoms with Gasteiger partial charge in [0.05, 0.1) is 6.61 Å². The topological polar surface area (TPSA) is 35.0 Å². The summed E-state index contributed by atoms with van der Waals surface area (Å²) in [6.07, 6.45) is 18.1. The van der Waals surface area contributed by atoms with Crippen LogP contribution >= 0.6 is 0 Å². The molecular formula is C24H36BF4N2O-. The molecule has 0 radical (unpaired) electrons. The van der Waals surface area contributed by atoms with Gasteiger partial charge in [0, 0.05) is 18.0 Å². The van der Waals surface area contributed by atoms with Crippen LogP contribution in [0.4, 0.5) is 12.9 Å². The third kappa shape index (κ3) is 14.8. The second-order valence-electron chi connectivity index (χ2n) is 7.61. The van der Waals surface area contributed by atoms with Crippen molar-refractivity contribution >= 4 is 7.54 Å². The minimum atomic E-state index is -3.67. The molecule has 0 saturated heterocycles. The van der Waals surface area contributed by atoms with Gasteiger partial charge in [-0.05, 0) is 49.1 Å². The van der Waals surface area contributed by atoms with Crippen molar-refractivity contribution < 1.29 is 22.4 Å². The summed E-state index contributed by atoms with van der Waals surface area (Å²) in [7, 11) is -3.67. The molecule has 0 unspecified atom stereocenters. The predicted molar refractivity (Wildman–Crippen MR) is 123 cm³/mol. The lowest BCUT2D eigenvalue weighted by molar-refractivity contribution is -0.00000999. The van der Waals surface area contributed by atoms with Crippen LogP contribution in [0.25, 0.3) is 11.4 Å². The van der Waals surface area contributed by atoms with Gasteiger partial charge in [0.25, 0.3) is 0 Å². The lowest BCUT2D eigenvalue weighted by atomic mass is 10.1. The van der Waals surface area contributed by atoms with Crippen molar-refractivity contribution in [2.75, 3.05) is 6.61 Å². The zero-order chi connectivity index (χ0) is 22.7. The first-order valence-electron chi connectivity index (χ1n) is 11.5. The van der Waals surface area contributed by atoms with Crippen LogP contribution in [0.3, 0.4) is 0 Å². The second kappa shape index (κ2) is 19.6. The molecule has 1 aromatic carbocycles. The predicted octanol–water partition coefficient (Wildman–Crippen LogP) is 4.89. The van der Waals surface area contributed by atoms with Crippen LogP contribution in [0, 0.1) is 0 Å². The fourth-order valence-electron chi connectivity index (χ4n) is 3.13. The molecule has 1 aromatic heterocycles. The van der Waals surface area contributed by atoms with Crippen LogP contribution in [-0.2, 0) is 6.42 Å². The highest BCUT2D eigenvalue weighted by Crippen LogP contribution is 2.20. The summed E-state index contributed by atoms with van der Waals surface area (Å²) in [6.45, 7) is 5.22. The Labute approximate surface area is 190 Å². The molecule has 2 rings (SSSR count). The average Bonchev–Trinajstić information content (AvgIpc) is 2.76. The van der Waals surface area contributed by atoms with E-state index < -0.39 is 7.54 Å². The average molecular weight is 455 g/mol.